The van der Waals surface area contributed by atoms with Crippen LogP contribution in [-0.2, 0) is 15.6 Å². The minimum Gasteiger partial charge on any atom is -0.383 e. The minimum absolute atomic E-state index is 0.234. The minimum atomic E-state index is -3.57. The van der Waals surface area contributed by atoms with Crippen LogP contribution in [0.4, 0.5) is 0 Å². The number of nitrogens with one attached hydrogen (secondary N) is 1. The Morgan fingerprint density at radius 3 is 2.40 bits per heavy atom. The molecule has 0 unspecified atom stereocenters. The smallest absolute Gasteiger partial charge is 0.240 e. The van der Waals surface area contributed by atoms with Crippen LogP contribution in [0.3, 0.4) is 0 Å². The Hall–Kier alpha value is -1.18. The molecule has 1 fully saturated rings. The Kier molecular flexibility index (Phi) is 5.37. The fraction of sp³-hybridized carbons (Fsp3) is 0.353. The Balaban J connectivity index is 1.69. The second-order valence-electron chi connectivity index (χ2n) is 6.22. The van der Waals surface area contributed by atoms with E-state index in [1.54, 1.807) is 36.4 Å². The van der Waals surface area contributed by atoms with E-state index in [4.69, 9.17) is 23.2 Å². The summed E-state index contributed by atoms with van der Waals surface area (Å²) in [6, 6.07) is 9.55. The van der Waals surface area contributed by atoms with E-state index in [1.807, 2.05) is 0 Å². The van der Waals surface area contributed by atoms with Crippen LogP contribution in [-0.4, -0.2) is 24.6 Å². The third-order valence-electron chi connectivity index (χ3n) is 4.44. The molecule has 3 rings (SSSR count). The standard InChI is InChI=1S/C17H18Cl2N2O3S/c18-12-10-15(19)16(20-11-12)17(22)8-6-13(7-9-17)21-25(23,24)14-4-2-1-3-5-14/h1-5,10-11,13,21-22H,6-9H2. The number of pyridine rings is 1. The Bertz CT molecular complexity index is 851. The predicted octanol–water partition coefficient (Wildman–Crippen LogP) is 3.50. The lowest BCUT2D eigenvalue weighted by molar-refractivity contribution is -0.0101. The van der Waals surface area contributed by atoms with Crippen molar-refractivity contribution in [2.24, 2.45) is 0 Å². The highest BCUT2D eigenvalue weighted by molar-refractivity contribution is 7.89. The molecule has 25 heavy (non-hydrogen) atoms. The van der Waals surface area contributed by atoms with Gasteiger partial charge in [0.1, 0.15) is 5.60 Å². The number of hydrogen-bond donors (Lipinski definition) is 2. The van der Waals surface area contributed by atoms with Crippen molar-refractivity contribution >= 4 is 33.2 Å². The number of sulfonamides is 1. The monoisotopic (exact) mass is 400 g/mol. The number of halogens is 2. The lowest BCUT2D eigenvalue weighted by Crippen LogP contribution is -2.42. The van der Waals surface area contributed by atoms with Crippen LogP contribution in [0.15, 0.2) is 47.5 Å². The normalized spacial score (nSPS) is 24.2. The maximum Gasteiger partial charge on any atom is 0.240 e. The Labute approximate surface area is 157 Å². The van der Waals surface area contributed by atoms with Crippen molar-refractivity contribution in [3.63, 3.8) is 0 Å². The number of aliphatic hydroxyl groups is 1. The molecule has 0 atom stereocenters. The van der Waals surface area contributed by atoms with Crippen LogP contribution < -0.4 is 4.72 Å². The van der Waals surface area contributed by atoms with Gasteiger partial charge in [-0.1, -0.05) is 41.4 Å². The SMILES string of the molecule is O=S(=O)(NC1CCC(O)(c2ncc(Cl)cc2Cl)CC1)c1ccccc1. The van der Waals surface area contributed by atoms with Crippen molar-refractivity contribution in [3.05, 3.63) is 58.3 Å². The van der Waals surface area contributed by atoms with Crippen LogP contribution in [0.2, 0.25) is 10.0 Å². The van der Waals surface area contributed by atoms with E-state index in [2.05, 4.69) is 9.71 Å². The van der Waals surface area contributed by atoms with Gasteiger partial charge >= 0.3 is 0 Å². The number of nitrogens with zero attached hydrogens (tertiary/aromatic N) is 1. The molecule has 1 aromatic carbocycles. The molecule has 1 saturated carbocycles. The summed E-state index contributed by atoms with van der Waals surface area (Å²) in [5.74, 6) is 0. The Morgan fingerprint density at radius 1 is 1.16 bits per heavy atom. The van der Waals surface area contributed by atoms with E-state index in [-0.39, 0.29) is 10.9 Å². The Morgan fingerprint density at radius 2 is 1.80 bits per heavy atom. The summed E-state index contributed by atoms with van der Waals surface area (Å²) < 4.78 is 27.5. The molecule has 0 spiro atoms. The molecular formula is C17H18Cl2N2O3S. The van der Waals surface area contributed by atoms with Crippen molar-refractivity contribution in [2.75, 3.05) is 0 Å². The molecule has 1 aliphatic carbocycles. The van der Waals surface area contributed by atoms with Crippen molar-refractivity contribution in [1.29, 1.82) is 0 Å². The van der Waals surface area contributed by atoms with E-state index < -0.39 is 15.6 Å². The van der Waals surface area contributed by atoms with E-state index in [0.29, 0.717) is 41.4 Å². The molecule has 0 saturated heterocycles. The molecule has 1 heterocycles. The maximum atomic E-state index is 12.4. The van der Waals surface area contributed by atoms with Crippen LogP contribution in [0, 0.1) is 0 Å². The summed E-state index contributed by atoms with van der Waals surface area (Å²) in [6.45, 7) is 0. The quantitative estimate of drug-likeness (QED) is 0.822. The summed E-state index contributed by atoms with van der Waals surface area (Å²) in [5.41, 5.74) is -0.779. The highest BCUT2D eigenvalue weighted by Crippen LogP contribution is 2.39. The molecular weight excluding hydrogens is 383 g/mol. The molecule has 8 heteroatoms. The lowest BCUT2D eigenvalue weighted by Gasteiger charge is -2.36. The van der Waals surface area contributed by atoms with E-state index in [1.165, 1.54) is 6.20 Å². The second-order valence-corrected chi connectivity index (χ2v) is 8.78. The molecule has 1 aromatic heterocycles. The van der Waals surface area contributed by atoms with Crippen molar-refractivity contribution in [1.82, 2.24) is 9.71 Å². The first-order valence-electron chi connectivity index (χ1n) is 7.91. The molecule has 1 aliphatic rings. The molecule has 2 N–H and O–H groups in total. The number of benzene rings is 1. The summed E-state index contributed by atoms with van der Waals surface area (Å²) in [4.78, 5) is 4.40. The van der Waals surface area contributed by atoms with Crippen molar-refractivity contribution in [2.45, 2.75) is 42.2 Å². The number of hydrogen-bond acceptors (Lipinski definition) is 4. The van der Waals surface area contributed by atoms with Gasteiger partial charge in [-0.25, -0.2) is 13.1 Å². The van der Waals surface area contributed by atoms with Gasteiger partial charge in [-0.15, -0.1) is 0 Å². The summed E-state index contributed by atoms with van der Waals surface area (Å²) >= 11 is 12.0. The molecule has 0 amide bonds. The van der Waals surface area contributed by atoms with E-state index in [0.717, 1.165) is 0 Å². The van der Waals surface area contributed by atoms with Gasteiger partial charge in [-0.3, -0.25) is 4.98 Å². The summed E-state index contributed by atoms with van der Waals surface area (Å²) in [6.07, 6.45) is 3.16. The molecule has 2 aromatic rings. The summed E-state index contributed by atoms with van der Waals surface area (Å²) in [7, 11) is -3.57. The van der Waals surface area contributed by atoms with Gasteiger partial charge in [0.2, 0.25) is 10.0 Å². The van der Waals surface area contributed by atoms with Gasteiger partial charge in [0.25, 0.3) is 0 Å². The maximum absolute atomic E-state index is 12.4. The average Bonchev–Trinajstić information content (AvgIpc) is 2.57. The first kappa shape index (κ1) is 18.6. The van der Waals surface area contributed by atoms with Gasteiger partial charge < -0.3 is 5.11 Å². The lowest BCUT2D eigenvalue weighted by atomic mass is 9.80. The third-order valence-corrected chi connectivity index (χ3v) is 6.47. The van der Waals surface area contributed by atoms with Crippen LogP contribution in [0.1, 0.15) is 31.4 Å². The predicted molar refractivity (Wildman–Crippen MR) is 97.2 cm³/mol. The van der Waals surface area contributed by atoms with Crippen LogP contribution in [0.25, 0.3) is 0 Å². The number of aromatic nitrogens is 1. The summed E-state index contributed by atoms with van der Waals surface area (Å²) in [5, 5.41) is 11.6. The zero-order chi connectivity index (χ0) is 18.1. The van der Waals surface area contributed by atoms with Gasteiger partial charge in [-0.05, 0) is 43.9 Å². The second kappa shape index (κ2) is 7.21. The molecule has 0 aliphatic heterocycles. The molecule has 5 nitrogen and oxygen atoms in total. The first-order chi connectivity index (χ1) is 11.8. The highest BCUT2D eigenvalue weighted by Gasteiger charge is 2.38. The van der Waals surface area contributed by atoms with Gasteiger partial charge in [0.05, 0.1) is 20.6 Å². The fourth-order valence-corrected chi connectivity index (χ4v) is 4.98. The average molecular weight is 401 g/mol. The van der Waals surface area contributed by atoms with Crippen LogP contribution >= 0.6 is 23.2 Å². The topological polar surface area (TPSA) is 79.3 Å². The fourth-order valence-electron chi connectivity index (χ4n) is 3.09. The zero-order valence-corrected chi connectivity index (χ0v) is 15.7. The zero-order valence-electron chi connectivity index (χ0n) is 13.3. The first-order valence-corrected chi connectivity index (χ1v) is 10.2. The number of rotatable bonds is 4. The van der Waals surface area contributed by atoms with Crippen molar-refractivity contribution in [3.8, 4) is 0 Å². The largest absolute Gasteiger partial charge is 0.383 e. The van der Waals surface area contributed by atoms with Gasteiger partial charge in [0, 0.05) is 12.2 Å². The molecule has 134 valence electrons. The third kappa shape index (κ3) is 4.15. The van der Waals surface area contributed by atoms with Gasteiger partial charge in [-0.2, -0.15) is 0 Å². The van der Waals surface area contributed by atoms with E-state index in [9.17, 15) is 13.5 Å². The highest BCUT2D eigenvalue weighted by atomic mass is 35.5. The van der Waals surface area contributed by atoms with Crippen molar-refractivity contribution < 1.29 is 13.5 Å². The van der Waals surface area contributed by atoms with Crippen LogP contribution in [0.5, 0.6) is 0 Å². The molecule has 0 radical (unpaired) electrons. The molecule has 0 bridgehead atoms. The van der Waals surface area contributed by atoms with E-state index >= 15 is 0 Å². The van der Waals surface area contributed by atoms with Gasteiger partial charge in [0.15, 0.2) is 0 Å².